The van der Waals surface area contributed by atoms with Crippen LogP contribution in [-0.4, -0.2) is 27.7 Å². The number of carbonyl (C=O) groups is 1. The topological polar surface area (TPSA) is 101 Å². The third-order valence-corrected chi connectivity index (χ3v) is 8.21. The molecule has 1 aliphatic rings. The van der Waals surface area contributed by atoms with Gasteiger partial charge in [0, 0.05) is 24.5 Å². The zero-order chi connectivity index (χ0) is 24.8. The maximum Gasteiger partial charge on any atom is 0.319 e. The molecule has 7 nitrogen and oxygen atoms in total. The van der Waals surface area contributed by atoms with Crippen LogP contribution in [0.4, 0.5) is 10.5 Å². The highest BCUT2D eigenvalue weighted by atomic mass is 32.2. The Kier molecular flexibility index (Phi) is 8.46. The summed E-state index contributed by atoms with van der Waals surface area (Å²) in [6.45, 7) is 7.36. The van der Waals surface area contributed by atoms with E-state index in [1.165, 1.54) is 12.8 Å². The van der Waals surface area contributed by atoms with Crippen LogP contribution in [0.3, 0.4) is 0 Å². The second-order valence-corrected chi connectivity index (χ2v) is 11.9. The molecule has 9 heteroatoms. The molecule has 35 heavy (non-hydrogen) atoms. The lowest BCUT2D eigenvalue weighted by Crippen LogP contribution is -2.40. The molecule has 0 saturated carbocycles. The molecular formula is C26H33N5O2S2. The molecule has 2 aromatic carbocycles. The van der Waals surface area contributed by atoms with Gasteiger partial charge in [0.1, 0.15) is 5.01 Å². The Morgan fingerprint density at radius 1 is 1.20 bits per heavy atom. The number of nitrogens with one attached hydrogen (secondary N) is 4. The van der Waals surface area contributed by atoms with Crippen LogP contribution in [0.15, 0.2) is 59.6 Å². The lowest BCUT2D eigenvalue weighted by Gasteiger charge is -2.23. The van der Waals surface area contributed by atoms with E-state index in [4.69, 9.17) is 0 Å². The number of benzene rings is 2. The molecule has 2 amide bonds. The Bertz CT molecular complexity index is 1120. The number of rotatable bonds is 7. The molecule has 1 aliphatic heterocycles. The number of hydrogen-bond acceptors (Lipinski definition) is 6. The summed E-state index contributed by atoms with van der Waals surface area (Å²) in [6.07, 6.45) is 5.34. The predicted octanol–water partition coefficient (Wildman–Crippen LogP) is 5.36. The monoisotopic (exact) mass is 511 g/mol. The van der Waals surface area contributed by atoms with Crippen LogP contribution >= 0.6 is 11.3 Å². The average molecular weight is 512 g/mol. The molecule has 0 bridgehead atoms. The minimum atomic E-state index is -1.48. The van der Waals surface area contributed by atoms with E-state index < -0.39 is 11.4 Å². The van der Waals surface area contributed by atoms with Gasteiger partial charge in [0.2, 0.25) is 0 Å². The van der Waals surface area contributed by atoms with E-state index >= 15 is 0 Å². The summed E-state index contributed by atoms with van der Waals surface area (Å²) in [5.74, 6) is 0. The molecule has 1 aromatic heterocycles. The van der Waals surface area contributed by atoms with Crippen molar-refractivity contribution in [3.8, 4) is 10.4 Å². The Balaban J connectivity index is 1.54. The molecular weight excluding hydrogens is 478 g/mol. The molecule has 0 radical (unpaired) electrons. The molecule has 0 spiro atoms. The lowest BCUT2D eigenvalue weighted by atomic mass is 10.1. The fraction of sp³-hybridized carbons (Fsp3) is 0.385. The highest BCUT2D eigenvalue weighted by Crippen LogP contribution is 2.36. The van der Waals surface area contributed by atoms with E-state index in [0.29, 0.717) is 17.1 Å². The first-order valence-corrected chi connectivity index (χ1v) is 13.9. The van der Waals surface area contributed by atoms with Crippen molar-refractivity contribution in [2.75, 3.05) is 11.9 Å². The molecule has 0 aliphatic carbocycles. The first-order valence-electron chi connectivity index (χ1n) is 11.9. The van der Waals surface area contributed by atoms with Crippen LogP contribution in [0.1, 0.15) is 56.6 Å². The molecule has 1 fully saturated rings. The summed E-state index contributed by atoms with van der Waals surface area (Å²) in [5.41, 5.74) is 2.11. The minimum absolute atomic E-state index is 0.276. The third kappa shape index (κ3) is 7.28. The van der Waals surface area contributed by atoms with Crippen LogP contribution < -0.4 is 20.7 Å². The maximum atomic E-state index is 13.4. The number of amides is 2. The van der Waals surface area contributed by atoms with Crippen molar-refractivity contribution >= 4 is 34.4 Å². The first kappa shape index (κ1) is 25.7. The number of nitrogens with zero attached hydrogens (tertiary/aromatic N) is 1. The van der Waals surface area contributed by atoms with E-state index in [1.807, 2.05) is 69.4 Å². The number of carbonyl (C=O) groups excluding carboxylic acids is 1. The fourth-order valence-electron chi connectivity index (χ4n) is 3.88. The SMILES string of the molecule is CC(C)(C)N[S+]([O-])c1cc(NC(=O)NCc2ccccc2)ccc1-c1cnc([C@@H]2CCCCN2)s1. The average Bonchev–Trinajstić information content (AvgIpc) is 3.33. The summed E-state index contributed by atoms with van der Waals surface area (Å²) >= 11 is 0.155. The quantitative estimate of drug-likeness (QED) is 0.320. The molecule has 4 rings (SSSR count). The molecule has 2 heterocycles. The van der Waals surface area contributed by atoms with Gasteiger partial charge in [-0.25, -0.2) is 9.78 Å². The van der Waals surface area contributed by atoms with E-state index in [9.17, 15) is 9.35 Å². The Labute approximate surface area is 214 Å². The predicted molar refractivity (Wildman–Crippen MR) is 144 cm³/mol. The highest BCUT2D eigenvalue weighted by Gasteiger charge is 2.26. The summed E-state index contributed by atoms with van der Waals surface area (Å²) in [4.78, 5) is 18.8. The van der Waals surface area contributed by atoms with Crippen molar-refractivity contribution in [3.63, 3.8) is 0 Å². The number of thiazole rings is 1. The minimum Gasteiger partial charge on any atom is -0.593 e. The first-order chi connectivity index (χ1) is 16.8. The van der Waals surface area contributed by atoms with E-state index in [-0.39, 0.29) is 17.6 Å². The summed E-state index contributed by atoms with van der Waals surface area (Å²) in [7, 11) is 0. The van der Waals surface area contributed by atoms with Gasteiger partial charge < -0.3 is 20.5 Å². The Morgan fingerprint density at radius 3 is 2.71 bits per heavy atom. The van der Waals surface area contributed by atoms with Crippen molar-refractivity contribution < 1.29 is 9.35 Å². The standard InChI is InChI=1S/C26H33N5O2S2/c1-26(2,3)31-35(33)23-15-19(30-25(32)29-16-18-9-5-4-6-10-18)12-13-20(23)22-17-28-24(34-22)21-11-7-8-14-27-21/h4-6,9-10,12-13,15,17,21,27,31H,7-8,11,14,16H2,1-3H3,(H2,29,30,32)/t21-,35?/m0/s1. The lowest BCUT2D eigenvalue weighted by molar-refractivity contribution is 0.251. The van der Waals surface area contributed by atoms with Crippen molar-refractivity contribution in [3.05, 3.63) is 65.3 Å². The molecule has 1 unspecified atom stereocenters. The summed E-state index contributed by atoms with van der Waals surface area (Å²) in [6, 6.07) is 15.2. The second kappa shape index (κ2) is 11.5. The van der Waals surface area contributed by atoms with E-state index in [2.05, 4.69) is 25.7 Å². The van der Waals surface area contributed by atoms with Crippen LogP contribution in [0, 0.1) is 0 Å². The highest BCUT2D eigenvalue weighted by molar-refractivity contribution is 7.89. The van der Waals surface area contributed by atoms with E-state index in [0.717, 1.165) is 34.0 Å². The number of hydrogen-bond donors (Lipinski definition) is 4. The smallest absolute Gasteiger partial charge is 0.319 e. The zero-order valence-electron chi connectivity index (χ0n) is 20.4. The van der Waals surface area contributed by atoms with E-state index in [1.54, 1.807) is 17.4 Å². The maximum absolute atomic E-state index is 13.4. The van der Waals surface area contributed by atoms with Gasteiger partial charge in [-0.15, -0.1) is 16.1 Å². The van der Waals surface area contributed by atoms with Gasteiger partial charge in [0.25, 0.3) is 0 Å². The van der Waals surface area contributed by atoms with Gasteiger partial charge in [-0.3, -0.25) is 0 Å². The van der Waals surface area contributed by atoms with Gasteiger partial charge in [-0.05, 0) is 57.9 Å². The molecule has 1 saturated heterocycles. The molecule has 2 atom stereocenters. The summed E-state index contributed by atoms with van der Waals surface area (Å²) in [5, 5.41) is 10.3. The fourth-order valence-corrected chi connectivity index (χ4v) is 6.29. The van der Waals surface area contributed by atoms with Crippen LogP contribution in [-0.2, 0) is 17.9 Å². The second-order valence-electron chi connectivity index (χ2n) is 9.69. The van der Waals surface area contributed by atoms with Gasteiger partial charge in [0.05, 0.1) is 33.4 Å². The van der Waals surface area contributed by atoms with Crippen LogP contribution in [0.25, 0.3) is 10.4 Å². The number of urea groups is 1. The van der Waals surface area contributed by atoms with Gasteiger partial charge in [-0.1, -0.05) is 36.8 Å². The number of aromatic nitrogens is 1. The molecule has 3 aromatic rings. The van der Waals surface area contributed by atoms with Crippen LogP contribution in [0.5, 0.6) is 0 Å². The van der Waals surface area contributed by atoms with Crippen molar-refractivity contribution in [2.45, 2.75) is 63.1 Å². The van der Waals surface area contributed by atoms with Crippen molar-refractivity contribution in [2.24, 2.45) is 0 Å². The van der Waals surface area contributed by atoms with Gasteiger partial charge >= 0.3 is 6.03 Å². The molecule has 4 N–H and O–H groups in total. The van der Waals surface area contributed by atoms with Crippen molar-refractivity contribution in [1.29, 1.82) is 0 Å². The third-order valence-electron chi connectivity index (χ3n) is 5.53. The Morgan fingerprint density at radius 2 is 2.00 bits per heavy atom. The summed E-state index contributed by atoms with van der Waals surface area (Å²) < 4.78 is 16.5. The Hall–Kier alpha value is -2.43. The number of anilines is 1. The van der Waals surface area contributed by atoms with Gasteiger partial charge in [-0.2, -0.15) is 0 Å². The van der Waals surface area contributed by atoms with Crippen LogP contribution in [0.2, 0.25) is 0 Å². The van der Waals surface area contributed by atoms with Gasteiger partial charge in [0.15, 0.2) is 4.90 Å². The van der Waals surface area contributed by atoms with Crippen molar-refractivity contribution in [1.82, 2.24) is 20.3 Å². The number of piperidine rings is 1. The zero-order valence-corrected chi connectivity index (χ0v) is 22.0. The largest absolute Gasteiger partial charge is 0.593 e. The normalized spacial score (nSPS) is 17.1. The molecule has 186 valence electrons.